The highest BCUT2D eigenvalue weighted by Crippen LogP contribution is 2.24. The van der Waals surface area contributed by atoms with Crippen LogP contribution in [0, 0.1) is 13.8 Å². The van der Waals surface area contributed by atoms with E-state index in [1.807, 2.05) is 31.6 Å². The molecule has 2 aromatic rings. The van der Waals surface area contributed by atoms with Crippen molar-refractivity contribution in [2.45, 2.75) is 13.8 Å². The van der Waals surface area contributed by atoms with Crippen LogP contribution in [0.15, 0.2) is 12.3 Å². The first kappa shape index (κ1) is 10.1. The van der Waals surface area contributed by atoms with E-state index in [1.54, 1.807) is 6.20 Å². The van der Waals surface area contributed by atoms with Crippen molar-refractivity contribution < 1.29 is 0 Å². The number of hydrogen-bond donors (Lipinski definition) is 0. The SMILES string of the molecule is Cc1nn(C)c(C)c1-c1ccnc(Cl)n1. The lowest BCUT2D eigenvalue weighted by atomic mass is 10.1. The predicted octanol–water partition coefficient (Wildman–Crippen LogP) is 2.15. The minimum Gasteiger partial charge on any atom is -0.272 e. The molecule has 5 heteroatoms. The van der Waals surface area contributed by atoms with Gasteiger partial charge in [-0.1, -0.05) is 0 Å². The van der Waals surface area contributed by atoms with E-state index >= 15 is 0 Å². The van der Waals surface area contributed by atoms with Crippen LogP contribution in [0.1, 0.15) is 11.4 Å². The van der Waals surface area contributed by atoms with Crippen LogP contribution in [0.4, 0.5) is 0 Å². The first-order chi connectivity index (χ1) is 7.09. The Morgan fingerprint density at radius 1 is 1.33 bits per heavy atom. The van der Waals surface area contributed by atoms with Crippen molar-refractivity contribution in [3.05, 3.63) is 28.9 Å². The van der Waals surface area contributed by atoms with Gasteiger partial charge >= 0.3 is 0 Å². The van der Waals surface area contributed by atoms with Crippen molar-refractivity contribution in [2.24, 2.45) is 7.05 Å². The van der Waals surface area contributed by atoms with E-state index in [2.05, 4.69) is 15.1 Å². The second kappa shape index (κ2) is 3.62. The molecule has 2 rings (SSSR count). The smallest absolute Gasteiger partial charge is 0.222 e. The molecule has 0 radical (unpaired) electrons. The Labute approximate surface area is 92.9 Å². The molecule has 2 aromatic heterocycles. The number of aromatic nitrogens is 4. The maximum absolute atomic E-state index is 5.76. The quantitative estimate of drug-likeness (QED) is 0.695. The van der Waals surface area contributed by atoms with Gasteiger partial charge in [-0.3, -0.25) is 4.68 Å². The Hall–Kier alpha value is -1.42. The summed E-state index contributed by atoms with van der Waals surface area (Å²) in [4.78, 5) is 8.04. The number of rotatable bonds is 1. The Balaban J connectivity index is 2.63. The van der Waals surface area contributed by atoms with Crippen molar-refractivity contribution >= 4 is 11.6 Å². The van der Waals surface area contributed by atoms with Crippen molar-refractivity contribution in [3.8, 4) is 11.3 Å². The van der Waals surface area contributed by atoms with Gasteiger partial charge in [-0.2, -0.15) is 5.10 Å². The molecule has 0 saturated heterocycles. The summed E-state index contributed by atoms with van der Waals surface area (Å²) in [6.45, 7) is 3.96. The van der Waals surface area contributed by atoms with E-state index in [1.165, 1.54) is 0 Å². The first-order valence-electron chi connectivity index (χ1n) is 4.58. The lowest BCUT2D eigenvalue weighted by Gasteiger charge is -2.00. The molecule has 4 nitrogen and oxygen atoms in total. The summed E-state index contributed by atoms with van der Waals surface area (Å²) in [7, 11) is 1.91. The van der Waals surface area contributed by atoms with Gasteiger partial charge in [-0.05, 0) is 31.5 Å². The van der Waals surface area contributed by atoms with E-state index in [9.17, 15) is 0 Å². The molecule has 2 heterocycles. The number of halogens is 1. The fraction of sp³-hybridized carbons (Fsp3) is 0.300. The van der Waals surface area contributed by atoms with Gasteiger partial charge in [0.1, 0.15) is 0 Å². The van der Waals surface area contributed by atoms with Crippen LogP contribution in [-0.4, -0.2) is 19.7 Å². The molecule has 0 amide bonds. The maximum Gasteiger partial charge on any atom is 0.222 e. The van der Waals surface area contributed by atoms with Crippen LogP contribution in [0.5, 0.6) is 0 Å². The van der Waals surface area contributed by atoms with Crippen LogP contribution >= 0.6 is 11.6 Å². The molecule has 0 bridgehead atoms. The zero-order chi connectivity index (χ0) is 11.0. The number of nitrogens with zero attached hydrogens (tertiary/aromatic N) is 4. The molecule has 0 spiro atoms. The molecule has 15 heavy (non-hydrogen) atoms. The zero-order valence-electron chi connectivity index (χ0n) is 8.82. The highest BCUT2D eigenvalue weighted by molar-refractivity contribution is 6.28. The molecule has 0 saturated carbocycles. The fourth-order valence-electron chi connectivity index (χ4n) is 1.62. The minimum absolute atomic E-state index is 0.259. The number of hydrogen-bond acceptors (Lipinski definition) is 3. The van der Waals surface area contributed by atoms with Gasteiger partial charge in [-0.15, -0.1) is 0 Å². The average molecular weight is 223 g/mol. The third-order valence-corrected chi connectivity index (χ3v) is 2.57. The fourth-order valence-corrected chi connectivity index (χ4v) is 1.77. The standard InChI is InChI=1S/C10H11ClN4/c1-6-9(7(2)15(3)14-6)8-4-5-12-10(11)13-8/h4-5H,1-3H3. The van der Waals surface area contributed by atoms with E-state index in [4.69, 9.17) is 11.6 Å². The molecule has 0 aliphatic carbocycles. The monoisotopic (exact) mass is 222 g/mol. The van der Waals surface area contributed by atoms with Gasteiger partial charge in [0.2, 0.25) is 5.28 Å². The third-order valence-electron chi connectivity index (χ3n) is 2.39. The van der Waals surface area contributed by atoms with Gasteiger partial charge in [0.25, 0.3) is 0 Å². The maximum atomic E-state index is 5.76. The predicted molar refractivity (Wildman–Crippen MR) is 58.7 cm³/mol. The molecule has 0 aromatic carbocycles. The van der Waals surface area contributed by atoms with E-state index in [0.29, 0.717) is 0 Å². The second-order valence-electron chi connectivity index (χ2n) is 3.38. The largest absolute Gasteiger partial charge is 0.272 e. The van der Waals surface area contributed by atoms with Gasteiger partial charge in [0.15, 0.2) is 0 Å². The van der Waals surface area contributed by atoms with E-state index in [0.717, 1.165) is 22.6 Å². The van der Waals surface area contributed by atoms with Gasteiger partial charge in [0.05, 0.1) is 11.4 Å². The van der Waals surface area contributed by atoms with Gasteiger partial charge in [0, 0.05) is 24.5 Å². The minimum atomic E-state index is 0.259. The molecule has 0 atom stereocenters. The Kier molecular flexibility index (Phi) is 2.44. The summed E-state index contributed by atoms with van der Waals surface area (Å²) >= 11 is 5.76. The van der Waals surface area contributed by atoms with Crippen molar-refractivity contribution in [3.63, 3.8) is 0 Å². The molecule has 0 N–H and O–H groups in total. The molecule has 78 valence electrons. The van der Waals surface area contributed by atoms with Crippen molar-refractivity contribution in [1.29, 1.82) is 0 Å². The van der Waals surface area contributed by atoms with Gasteiger partial charge < -0.3 is 0 Å². The summed E-state index contributed by atoms with van der Waals surface area (Å²) in [5.74, 6) is 0. The lowest BCUT2D eigenvalue weighted by molar-refractivity contribution is 0.731. The highest BCUT2D eigenvalue weighted by Gasteiger charge is 2.12. The van der Waals surface area contributed by atoms with E-state index in [-0.39, 0.29) is 5.28 Å². The summed E-state index contributed by atoms with van der Waals surface area (Å²) in [5.41, 5.74) is 3.87. The molecular formula is C10H11ClN4. The molecule has 0 unspecified atom stereocenters. The highest BCUT2D eigenvalue weighted by atomic mass is 35.5. The first-order valence-corrected chi connectivity index (χ1v) is 4.96. The lowest BCUT2D eigenvalue weighted by Crippen LogP contribution is -1.93. The Morgan fingerprint density at radius 3 is 2.60 bits per heavy atom. The molecular weight excluding hydrogens is 212 g/mol. The van der Waals surface area contributed by atoms with Crippen molar-refractivity contribution in [2.75, 3.05) is 0 Å². The van der Waals surface area contributed by atoms with Crippen LogP contribution in [0.2, 0.25) is 5.28 Å². The van der Waals surface area contributed by atoms with Crippen LogP contribution in [-0.2, 0) is 7.05 Å². The third kappa shape index (κ3) is 1.72. The molecule has 0 aliphatic rings. The zero-order valence-corrected chi connectivity index (χ0v) is 9.58. The van der Waals surface area contributed by atoms with Crippen LogP contribution in [0.25, 0.3) is 11.3 Å². The Morgan fingerprint density at radius 2 is 2.07 bits per heavy atom. The van der Waals surface area contributed by atoms with Crippen LogP contribution < -0.4 is 0 Å². The number of aryl methyl sites for hydroxylation is 2. The Bertz CT molecular complexity index is 504. The van der Waals surface area contributed by atoms with Crippen LogP contribution in [0.3, 0.4) is 0 Å². The molecule has 0 aliphatic heterocycles. The van der Waals surface area contributed by atoms with Gasteiger partial charge in [-0.25, -0.2) is 9.97 Å². The molecule has 0 fully saturated rings. The normalized spacial score (nSPS) is 10.7. The van der Waals surface area contributed by atoms with Crippen molar-refractivity contribution in [1.82, 2.24) is 19.7 Å². The topological polar surface area (TPSA) is 43.6 Å². The second-order valence-corrected chi connectivity index (χ2v) is 3.72. The average Bonchev–Trinajstić information content (AvgIpc) is 2.41. The summed E-state index contributed by atoms with van der Waals surface area (Å²) in [6.07, 6.45) is 1.65. The summed E-state index contributed by atoms with van der Waals surface area (Å²) < 4.78 is 1.83. The van der Waals surface area contributed by atoms with E-state index < -0.39 is 0 Å². The summed E-state index contributed by atoms with van der Waals surface area (Å²) in [6, 6.07) is 1.84. The summed E-state index contributed by atoms with van der Waals surface area (Å²) in [5, 5.41) is 4.59.